The minimum Gasteiger partial charge on any atom is -0.486 e. The first-order chi connectivity index (χ1) is 20.5. The Balaban J connectivity index is 1.75. The van der Waals surface area contributed by atoms with Crippen LogP contribution in [-0.4, -0.2) is 57.0 Å². The van der Waals surface area contributed by atoms with E-state index in [4.69, 9.17) is 9.47 Å². The minimum absolute atomic E-state index is 0.0950. The summed E-state index contributed by atoms with van der Waals surface area (Å²) >= 11 is 0. The summed E-state index contributed by atoms with van der Waals surface area (Å²) in [5, 5.41) is 2.96. The van der Waals surface area contributed by atoms with Gasteiger partial charge in [-0.1, -0.05) is 38.1 Å². The van der Waals surface area contributed by atoms with E-state index in [1.165, 1.54) is 35.2 Å². The molecule has 9 nitrogen and oxygen atoms in total. The van der Waals surface area contributed by atoms with Crippen LogP contribution >= 0.6 is 0 Å². The molecule has 0 aromatic heterocycles. The van der Waals surface area contributed by atoms with Crippen LogP contribution in [0, 0.1) is 12.7 Å². The summed E-state index contributed by atoms with van der Waals surface area (Å²) in [6, 6.07) is 15.7. The highest BCUT2D eigenvalue weighted by Crippen LogP contribution is 2.34. The molecule has 230 valence electrons. The average Bonchev–Trinajstić information content (AvgIpc) is 3.00. The van der Waals surface area contributed by atoms with Gasteiger partial charge in [0.2, 0.25) is 11.8 Å². The van der Waals surface area contributed by atoms with E-state index in [1.807, 2.05) is 52.0 Å². The fourth-order valence-corrected chi connectivity index (χ4v) is 6.21. The number of anilines is 1. The summed E-state index contributed by atoms with van der Waals surface area (Å²) < 4.78 is 54.2. The molecule has 0 bridgehead atoms. The second-order valence-corrected chi connectivity index (χ2v) is 12.3. The molecule has 0 spiro atoms. The Morgan fingerprint density at radius 3 is 2.28 bits per heavy atom. The number of carbonyl (C=O) groups excluding carboxylic acids is 2. The fourth-order valence-electron chi connectivity index (χ4n) is 4.78. The zero-order chi connectivity index (χ0) is 31.1. The SMILES string of the molecule is CCC(C)NC(=O)C(CC)N(Cc1ccccc1C)C(=O)CN(c1ccc(F)cc1)S(=O)(=O)c1ccc2c(c1)OCCO2. The molecule has 11 heteroatoms. The first-order valence-electron chi connectivity index (χ1n) is 14.4. The minimum atomic E-state index is -4.36. The van der Waals surface area contributed by atoms with E-state index in [0.717, 1.165) is 27.6 Å². The van der Waals surface area contributed by atoms with Crippen molar-refractivity contribution < 1.29 is 31.9 Å². The van der Waals surface area contributed by atoms with Crippen molar-refractivity contribution in [3.63, 3.8) is 0 Å². The van der Waals surface area contributed by atoms with E-state index in [2.05, 4.69) is 5.32 Å². The predicted molar refractivity (Wildman–Crippen MR) is 162 cm³/mol. The molecule has 0 saturated carbocycles. The average molecular weight is 612 g/mol. The molecule has 1 aliphatic rings. The van der Waals surface area contributed by atoms with Gasteiger partial charge in [0.15, 0.2) is 11.5 Å². The summed E-state index contributed by atoms with van der Waals surface area (Å²) in [6.45, 7) is 7.63. The normalized spacial score (nSPS) is 14.0. The molecular weight excluding hydrogens is 573 g/mol. The van der Waals surface area contributed by atoms with Gasteiger partial charge in [-0.05, 0) is 74.2 Å². The third-order valence-electron chi connectivity index (χ3n) is 7.48. The third kappa shape index (κ3) is 7.45. The van der Waals surface area contributed by atoms with Gasteiger partial charge in [-0.2, -0.15) is 0 Å². The Kier molecular flexibility index (Phi) is 10.3. The van der Waals surface area contributed by atoms with E-state index < -0.39 is 34.3 Å². The Bertz CT molecular complexity index is 1550. The second-order valence-electron chi connectivity index (χ2n) is 10.5. The van der Waals surface area contributed by atoms with E-state index in [1.54, 1.807) is 0 Å². The maximum absolute atomic E-state index is 14.2. The number of hydrogen-bond donors (Lipinski definition) is 1. The number of rotatable bonds is 12. The molecule has 3 aromatic rings. The van der Waals surface area contributed by atoms with Gasteiger partial charge < -0.3 is 19.7 Å². The number of halogens is 1. The number of benzene rings is 3. The topological polar surface area (TPSA) is 105 Å². The van der Waals surface area contributed by atoms with Crippen molar-refractivity contribution in [1.29, 1.82) is 0 Å². The van der Waals surface area contributed by atoms with Crippen LogP contribution in [0.1, 0.15) is 44.7 Å². The molecule has 4 rings (SSSR count). The van der Waals surface area contributed by atoms with Gasteiger partial charge in [0.25, 0.3) is 10.0 Å². The highest BCUT2D eigenvalue weighted by atomic mass is 32.2. The molecule has 1 N–H and O–H groups in total. The highest BCUT2D eigenvalue weighted by Gasteiger charge is 2.34. The smallest absolute Gasteiger partial charge is 0.264 e. The number of amides is 2. The van der Waals surface area contributed by atoms with Crippen molar-refractivity contribution in [3.05, 3.63) is 83.7 Å². The molecule has 2 atom stereocenters. The second kappa shape index (κ2) is 13.9. The summed E-state index contributed by atoms with van der Waals surface area (Å²) in [6.07, 6.45) is 1.02. The van der Waals surface area contributed by atoms with E-state index in [0.29, 0.717) is 25.2 Å². The number of nitrogens with one attached hydrogen (secondary N) is 1. The fraction of sp³-hybridized carbons (Fsp3) is 0.375. The van der Waals surface area contributed by atoms with Gasteiger partial charge >= 0.3 is 0 Å². The third-order valence-corrected chi connectivity index (χ3v) is 9.25. The maximum Gasteiger partial charge on any atom is 0.264 e. The van der Waals surface area contributed by atoms with Crippen molar-refractivity contribution in [3.8, 4) is 11.5 Å². The Labute approximate surface area is 252 Å². The van der Waals surface area contributed by atoms with Gasteiger partial charge in [0.05, 0.1) is 10.6 Å². The number of nitrogens with zero attached hydrogens (tertiary/aromatic N) is 2. The molecule has 2 amide bonds. The van der Waals surface area contributed by atoms with E-state index >= 15 is 0 Å². The largest absolute Gasteiger partial charge is 0.486 e. The molecule has 43 heavy (non-hydrogen) atoms. The molecule has 0 fully saturated rings. The van der Waals surface area contributed by atoms with E-state index in [-0.39, 0.29) is 41.4 Å². The van der Waals surface area contributed by atoms with Gasteiger partial charge in [0.1, 0.15) is 31.6 Å². The number of ether oxygens (including phenoxy) is 2. The lowest BCUT2D eigenvalue weighted by molar-refractivity contribution is -0.140. The molecule has 3 aromatic carbocycles. The summed E-state index contributed by atoms with van der Waals surface area (Å²) in [5.74, 6) is -0.772. The van der Waals surface area contributed by atoms with Crippen LogP contribution in [0.25, 0.3) is 0 Å². The number of hydrogen-bond acceptors (Lipinski definition) is 6. The van der Waals surface area contributed by atoms with Gasteiger partial charge in [-0.3, -0.25) is 13.9 Å². The van der Waals surface area contributed by atoms with Crippen molar-refractivity contribution in [2.24, 2.45) is 0 Å². The zero-order valence-corrected chi connectivity index (χ0v) is 25.7. The summed E-state index contributed by atoms with van der Waals surface area (Å²) in [7, 11) is -4.36. The van der Waals surface area contributed by atoms with Gasteiger partial charge in [-0.25, -0.2) is 12.8 Å². The number of aryl methyl sites for hydroxylation is 1. The van der Waals surface area contributed by atoms with Gasteiger partial charge in [0, 0.05) is 18.7 Å². The van der Waals surface area contributed by atoms with Crippen LogP contribution in [0.3, 0.4) is 0 Å². The standard InChI is InChI=1S/C32H38FN3O6S/c1-5-23(4)34-32(38)28(6-2)35(20-24-10-8-7-9-22(24)3)31(37)21-36(26-13-11-25(33)12-14-26)43(39,40)27-15-16-29-30(19-27)42-18-17-41-29/h7-16,19,23,28H,5-6,17-18,20-21H2,1-4H3,(H,34,38). The Morgan fingerprint density at radius 2 is 1.63 bits per heavy atom. The monoisotopic (exact) mass is 611 g/mol. The zero-order valence-electron chi connectivity index (χ0n) is 24.9. The first kappa shape index (κ1) is 31.8. The lowest BCUT2D eigenvalue weighted by atomic mass is 10.1. The Morgan fingerprint density at radius 1 is 0.953 bits per heavy atom. The molecule has 1 aliphatic heterocycles. The maximum atomic E-state index is 14.2. The number of carbonyl (C=O) groups is 2. The molecular formula is C32H38FN3O6S. The van der Waals surface area contributed by atoms with Crippen molar-refractivity contribution >= 4 is 27.5 Å². The highest BCUT2D eigenvalue weighted by molar-refractivity contribution is 7.92. The number of fused-ring (bicyclic) bond motifs is 1. The first-order valence-corrected chi connectivity index (χ1v) is 15.8. The number of sulfonamides is 1. The molecule has 0 aliphatic carbocycles. The van der Waals surface area contributed by atoms with Crippen LogP contribution in [-0.2, 0) is 26.2 Å². The molecule has 1 heterocycles. The van der Waals surface area contributed by atoms with Crippen LogP contribution in [0.2, 0.25) is 0 Å². The Hall–Kier alpha value is -4.12. The van der Waals surface area contributed by atoms with E-state index in [9.17, 15) is 22.4 Å². The molecule has 0 radical (unpaired) electrons. The van der Waals surface area contributed by atoms with Crippen LogP contribution < -0.4 is 19.1 Å². The summed E-state index contributed by atoms with van der Waals surface area (Å²) in [4.78, 5) is 28.9. The van der Waals surface area contributed by atoms with Gasteiger partial charge in [-0.15, -0.1) is 0 Å². The predicted octanol–water partition coefficient (Wildman–Crippen LogP) is 4.82. The van der Waals surface area contributed by atoms with Crippen molar-refractivity contribution in [2.75, 3.05) is 24.1 Å². The van der Waals surface area contributed by atoms with Crippen LogP contribution in [0.5, 0.6) is 11.5 Å². The quantitative estimate of drug-likeness (QED) is 0.315. The lowest BCUT2D eigenvalue weighted by Crippen LogP contribution is -2.53. The van der Waals surface area contributed by atoms with Crippen LogP contribution in [0.4, 0.5) is 10.1 Å². The lowest BCUT2D eigenvalue weighted by Gasteiger charge is -2.34. The van der Waals surface area contributed by atoms with Crippen LogP contribution in [0.15, 0.2) is 71.6 Å². The van der Waals surface area contributed by atoms with Crippen molar-refractivity contribution in [2.45, 2.75) is 64.1 Å². The summed E-state index contributed by atoms with van der Waals surface area (Å²) in [5.41, 5.74) is 1.85. The molecule has 0 saturated heterocycles. The molecule has 2 unspecified atom stereocenters. The van der Waals surface area contributed by atoms with Crippen molar-refractivity contribution in [1.82, 2.24) is 10.2 Å².